The molecule has 0 saturated heterocycles. The number of benzene rings is 1. The Morgan fingerprint density at radius 3 is 2.47 bits per heavy atom. The van der Waals surface area contributed by atoms with Crippen LogP contribution in [0.1, 0.15) is 5.56 Å². The molecule has 0 unspecified atom stereocenters. The molecule has 0 amide bonds. The van der Waals surface area contributed by atoms with Crippen molar-refractivity contribution in [3.05, 3.63) is 46.9 Å². The summed E-state index contributed by atoms with van der Waals surface area (Å²) in [7, 11) is 0. The Morgan fingerprint density at radius 2 is 1.84 bits per heavy atom. The molecule has 1 aromatic carbocycles. The van der Waals surface area contributed by atoms with E-state index < -0.39 is 23.1 Å². The monoisotopic (exact) mass is 290 g/mol. The van der Waals surface area contributed by atoms with Gasteiger partial charge in [0.2, 0.25) is 0 Å². The van der Waals surface area contributed by atoms with E-state index in [9.17, 15) is 17.6 Å². The summed E-state index contributed by atoms with van der Waals surface area (Å²) < 4.78 is 52.5. The zero-order valence-electron chi connectivity index (χ0n) is 9.30. The van der Waals surface area contributed by atoms with Crippen LogP contribution in [0, 0.1) is 5.82 Å². The molecule has 0 bridgehead atoms. The maximum atomic E-state index is 13.8. The molecule has 2 aromatic rings. The standard InChI is InChI=1S/C12H7ClF4N2/c13-9-3-1-2-6(11(9)14)7-5-19-10(18)4-8(7)12(15,16)17/h1-5H,(H2,18,19). The maximum Gasteiger partial charge on any atom is 0.417 e. The number of nitrogen functional groups attached to an aromatic ring is 1. The second kappa shape index (κ2) is 4.70. The van der Waals surface area contributed by atoms with Gasteiger partial charge in [-0.1, -0.05) is 23.7 Å². The van der Waals surface area contributed by atoms with Crippen molar-refractivity contribution in [1.29, 1.82) is 0 Å². The zero-order chi connectivity index (χ0) is 14.2. The summed E-state index contributed by atoms with van der Waals surface area (Å²) in [6, 6.07) is 4.47. The molecule has 2 nitrogen and oxygen atoms in total. The summed E-state index contributed by atoms with van der Waals surface area (Å²) in [4.78, 5) is 3.57. The number of aromatic nitrogens is 1. The van der Waals surface area contributed by atoms with E-state index >= 15 is 0 Å². The summed E-state index contributed by atoms with van der Waals surface area (Å²) in [6.45, 7) is 0. The fraction of sp³-hybridized carbons (Fsp3) is 0.0833. The van der Waals surface area contributed by atoms with Crippen molar-refractivity contribution in [2.24, 2.45) is 0 Å². The molecule has 0 fully saturated rings. The van der Waals surface area contributed by atoms with Gasteiger partial charge < -0.3 is 5.73 Å². The Balaban J connectivity index is 2.72. The first-order valence-electron chi connectivity index (χ1n) is 5.08. The van der Waals surface area contributed by atoms with E-state index in [0.717, 1.165) is 6.20 Å². The number of nitrogens with zero attached hydrogens (tertiary/aromatic N) is 1. The number of hydrogen-bond donors (Lipinski definition) is 1. The van der Waals surface area contributed by atoms with Crippen molar-refractivity contribution in [2.75, 3.05) is 5.73 Å². The normalized spacial score (nSPS) is 11.6. The number of rotatable bonds is 1. The number of nitrogens with two attached hydrogens (primary N) is 1. The molecule has 1 aromatic heterocycles. The quantitative estimate of drug-likeness (QED) is 0.802. The third-order valence-corrected chi connectivity index (χ3v) is 2.76. The molecule has 0 saturated carbocycles. The molecule has 0 spiro atoms. The summed E-state index contributed by atoms with van der Waals surface area (Å²) in [5.41, 5.74) is 3.51. The highest BCUT2D eigenvalue weighted by molar-refractivity contribution is 6.31. The van der Waals surface area contributed by atoms with Crippen molar-refractivity contribution in [3.8, 4) is 11.1 Å². The molecule has 2 rings (SSSR count). The average molecular weight is 291 g/mol. The van der Waals surface area contributed by atoms with Crippen LogP contribution in [0.3, 0.4) is 0 Å². The molecule has 0 atom stereocenters. The smallest absolute Gasteiger partial charge is 0.384 e. The minimum atomic E-state index is -4.67. The van der Waals surface area contributed by atoms with Crippen molar-refractivity contribution >= 4 is 17.4 Å². The van der Waals surface area contributed by atoms with Gasteiger partial charge in [-0.3, -0.25) is 0 Å². The molecular formula is C12H7ClF4N2. The van der Waals surface area contributed by atoms with Gasteiger partial charge in [-0.2, -0.15) is 13.2 Å². The molecule has 1 heterocycles. The van der Waals surface area contributed by atoms with Crippen LogP contribution >= 0.6 is 11.6 Å². The minimum absolute atomic E-state index is 0.262. The second-order valence-electron chi connectivity index (χ2n) is 3.75. The fourth-order valence-corrected chi connectivity index (χ4v) is 1.81. The van der Waals surface area contributed by atoms with E-state index in [4.69, 9.17) is 17.3 Å². The lowest BCUT2D eigenvalue weighted by Crippen LogP contribution is -2.09. The number of alkyl halides is 3. The van der Waals surface area contributed by atoms with Gasteiger partial charge in [-0.05, 0) is 12.1 Å². The van der Waals surface area contributed by atoms with E-state index in [1.165, 1.54) is 18.2 Å². The number of halogens is 5. The predicted octanol–water partition coefficient (Wildman–Crippen LogP) is 4.14. The fourth-order valence-electron chi connectivity index (χ4n) is 1.63. The molecule has 2 N–H and O–H groups in total. The minimum Gasteiger partial charge on any atom is -0.384 e. The van der Waals surface area contributed by atoms with Crippen LogP contribution in [0.15, 0.2) is 30.5 Å². The van der Waals surface area contributed by atoms with E-state index in [2.05, 4.69) is 4.98 Å². The first kappa shape index (κ1) is 13.6. The Morgan fingerprint density at radius 1 is 1.16 bits per heavy atom. The zero-order valence-corrected chi connectivity index (χ0v) is 10.1. The third-order valence-electron chi connectivity index (χ3n) is 2.47. The summed E-state index contributed by atoms with van der Waals surface area (Å²) in [6.07, 6.45) is -3.78. The van der Waals surface area contributed by atoms with Crippen LogP contribution in [0.5, 0.6) is 0 Å². The van der Waals surface area contributed by atoms with Gasteiger partial charge in [0.25, 0.3) is 0 Å². The van der Waals surface area contributed by atoms with Gasteiger partial charge in [0.05, 0.1) is 10.6 Å². The van der Waals surface area contributed by atoms with E-state index in [0.29, 0.717) is 6.07 Å². The average Bonchev–Trinajstić information content (AvgIpc) is 2.32. The Kier molecular flexibility index (Phi) is 3.36. The first-order chi connectivity index (χ1) is 8.80. The molecular weight excluding hydrogens is 284 g/mol. The van der Waals surface area contributed by atoms with Crippen LogP contribution in [-0.4, -0.2) is 4.98 Å². The van der Waals surface area contributed by atoms with Crippen molar-refractivity contribution < 1.29 is 17.6 Å². The molecule has 0 aliphatic heterocycles. The van der Waals surface area contributed by atoms with Gasteiger partial charge in [0, 0.05) is 17.3 Å². The van der Waals surface area contributed by atoms with Gasteiger partial charge in [-0.15, -0.1) is 0 Å². The Labute approximate surface area is 110 Å². The van der Waals surface area contributed by atoms with Gasteiger partial charge in [0.15, 0.2) is 0 Å². The lowest BCUT2D eigenvalue weighted by Gasteiger charge is -2.14. The number of pyridine rings is 1. The third kappa shape index (κ3) is 2.63. The molecule has 7 heteroatoms. The predicted molar refractivity (Wildman–Crippen MR) is 64.1 cm³/mol. The highest BCUT2D eigenvalue weighted by atomic mass is 35.5. The Hall–Kier alpha value is -1.82. The lowest BCUT2D eigenvalue weighted by molar-refractivity contribution is -0.137. The van der Waals surface area contributed by atoms with Crippen LogP contribution in [0.25, 0.3) is 11.1 Å². The van der Waals surface area contributed by atoms with Gasteiger partial charge in [0.1, 0.15) is 11.6 Å². The van der Waals surface area contributed by atoms with Gasteiger partial charge in [-0.25, -0.2) is 9.37 Å². The van der Waals surface area contributed by atoms with E-state index in [1.807, 2.05) is 0 Å². The van der Waals surface area contributed by atoms with Gasteiger partial charge >= 0.3 is 6.18 Å². The summed E-state index contributed by atoms with van der Waals surface area (Å²) in [5, 5.41) is -0.262. The molecule has 0 aliphatic rings. The number of hydrogen-bond acceptors (Lipinski definition) is 2. The van der Waals surface area contributed by atoms with E-state index in [-0.39, 0.29) is 16.4 Å². The number of anilines is 1. The summed E-state index contributed by atoms with van der Waals surface area (Å²) in [5.74, 6) is -1.22. The second-order valence-corrected chi connectivity index (χ2v) is 4.16. The molecule has 0 radical (unpaired) electrons. The first-order valence-corrected chi connectivity index (χ1v) is 5.45. The molecule has 19 heavy (non-hydrogen) atoms. The van der Waals surface area contributed by atoms with Crippen LogP contribution < -0.4 is 5.73 Å². The molecule has 0 aliphatic carbocycles. The SMILES string of the molecule is Nc1cc(C(F)(F)F)c(-c2cccc(Cl)c2F)cn1. The largest absolute Gasteiger partial charge is 0.417 e. The van der Waals surface area contributed by atoms with Crippen molar-refractivity contribution in [1.82, 2.24) is 4.98 Å². The van der Waals surface area contributed by atoms with Crippen LogP contribution in [0.2, 0.25) is 5.02 Å². The summed E-state index contributed by atoms with van der Waals surface area (Å²) >= 11 is 5.56. The Bertz CT molecular complexity index is 626. The van der Waals surface area contributed by atoms with Crippen molar-refractivity contribution in [2.45, 2.75) is 6.18 Å². The molecule has 100 valence electrons. The van der Waals surface area contributed by atoms with E-state index in [1.54, 1.807) is 0 Å². The topological polar surface area (TPSA) is 38.9 Å². The van der Waals surface area contributed by atoms with Crippen molar-refractivity contribution in [3.63, 3.8) is 0 Å². The highest BCUT2D eigenvalue weighted by Gasteiger charge is 2.35. The lowest BCUT2D eigenvalue weighted by atomic mass is 10.0. The van der Waals surface area contributed by atoms with Crippen LogP contribution in [0.4, 0.5) is 23.4 Å². The maximum absolute atomic E-state index is 13.8. The van der Waals surface area contributed by atoms with Crippen LogP contribution in [-0.2, 0) is 6.18 Å². The highest BCUT2D eigenvalue weighted by Crippen LogP contribution is 2.39.